The summed E-state index contributed by atoms with van der Waals surface area (Å²) in [5.74, 6) is 3.51. The van der Waals surface area contributed by atoms with Crippen LogP contribution in [0.1, 0.15) is 96.2 Å². The molecule has 5 aromatic heterocycles. The first-order valence-corrected chi connectivity index (χ1v) is 53.0. The number of sulfonamides is 4. The van der Waals surface area contributed by atoms with Gasteiger partial charge in [-0.15, -0.1) is 6.58 Å². The summed E-state index contributed by atoms with van der Waals surface area (Å²) in [7, 11) is -14.9. The third kappa shape index (κ3) is 31.8. The highest BCUT2D eigenvalue weighted by Gasteiger charge is 2.30. The molecule has 15 rings (SSSR count). The van der Waals surface area contributed by atoms with E-state index in [1.54, 1.807) is 36.4 Å². The molecule has 0 radical (unpaired) electrons. The van der Waals surface area contributed by atoms with Crippen LogP contribution in [0.3, 0.4) is 0 Å². The number of morpholine rings is 1. The molecule has 19 N–H and O–H groups in total. The van der Waals surface area contributed by atoms with Crippen LogP contribution in [0.15, 0.2) is 232 Å². The Balaban J connectivity index is 0.000000176. The van der Waals surface area contributed by atoms with Crippen molar-refractivity contribution < 1.29 is 47.6 Å². The highest BCUT2D eigenvalue weighted by Crippen LogP contribution is 2.34. The maximum Gasteiger partial charge on any atom is 0.317 e. The summed E-state index contributed by atoms with van der Waals surface area (Å²) in [5, 5.41) is 18.9. The second-order valence-corrected chi connectivity index (χ2v) is 43.7. The first-order valence-electron chi connectivity index (χ1n) is 47.1. The smallest absolute Gasteiger partial charge is 0.317 e. The number of anilines is 10. The van der Waals surface area contributed by atoms with Crippen molar-refractivity contribution in [3.8, 4) is 56.3 Å². The van der Waals surface area contributed by atoms with Gasteiger partial charge < -0.3 is 70.2 Å². The number of nitrogen functional groups attached to an aromatic ring is 5. The molecule has 0 unspecified atom stereocenters. The van der Waals surface area contributed by atoms with Gasteiger partial charge in [-0.3, -0.25) is 0 Å². The van der Waals surface area contributed by atoms with Gasteiger partial charge in [0.25, 0.3) is 0 Å². The number of urea groups is 1. The Kier molecular flexibility index (Phi) is 38.5. The van der Waals surface area contributed by atoms with Gasteiger partial charge in [-0.05, 0) is 203 Å². The number of aromatic nitrogens is 10. The fourth-order valence-corrected chi connectivity index (χ4v) is 20.1. The fraction of sp³-hybridized carbons (Fsp3) is 0.317. The van der Waals surface area contributed by atoms with Crippen molar-refractivity contribution in [1.29, 1.82) is 0 Å². The largest absolute Gasteiger partial charge is 0.379 e. The van der Waals surface area contributed by atoms with E-state index in [0.29, 0.717) is 99.4 Å². The van der Waals surface area contributed by atoms with Crippen molar-refractivity contribution in [2.24, 2.45) is 10.8 Å². The van der Waals surface area contributed by atoms with Crippen molar-refractivity contribution in [2.45, 2.75) is 129 Å². The first kappa shape index (κ1) is 111. The Morgan fingerprint density at radius 2 is 0.710 bits per heavy atom. The van der Waals surface area contributed by atoms with E-state index < -0.39 is 56.7 Å². The quantitative estimate of drug-likeness (QED) is 0.0128. The summed E-state index contributed by atoms with van der Waals surface area (Å²) in [6.07, 6.45) is 3.21. The molecule has 0 saturated carbocycles. The maximum absolute atomic E-state index is 13.4. The number of aryl methyl sites for hydroxylation is 5. The van der Waals surface area contributed by atoms with Crippen LogP contribution in [0.4, 0.5) is 68.0 Å². The molecular weight excluding hydrogens is 1920 g/mol. The van der Waals surface area contributed by atoms with E-state index in [1.807, 2.05) is 163 Å². The molecule has 0 spiro atoms. The Bertz CT molecular complexity index is 7200. The zero-order valence-electron chi connectivity index (χ0n) is 84.2. The fourth-order valence-electron chi connectivity index (χ4n) is 15.1. The number of nitrogens with two attached hydrogens (primary N) is 5. The van der Waals surface area contributed by atoms with E-state index in [9.17, 15) is 42.9 Å². The second kappa shape index (κ2) is 50.3. The summed E-state index contributed by atoms with van der Waals surface area (Å²) in [6.45, 7) is 38.6. The molecule has 0 atom stereocenters. The molecule has 2 saturated heterocycles. The zero-order chi connectivity index (χ0) is 105. The number of amides is 2. The lowest BCUT2D eigenvalue weighted by Gasteiger charge is -2.26. The molecule has 36 nitrogen and oxygen atoms in total. The molecule has 0 bridgehead atoms. The third-order valence-electron chi connectivity index (χ3n) is 24.2. The van der Waals surface area contributed by atoms with Gasteiger partial charge >= 0.3 is 6.03 Å². The van der Waals surface area contributed by atoms with Crippen molar-refractivity contribution in [2.75, 3.05) is 154 Å². The van der Waals surface area contributed by atoms with Crippen LogP contribution in [-0.4, -0.2) is 197 Å². The summed E-state index contributed by atoms with van der Waals surface area (Å²) in [4.78, 5) is 56.5. The second-order valence-electron chi connectivity index (χ2n) is 36.5. The average Bonchev–Trinajstić information content (AvgIpc) is 1.10. The topological polar surface area (TPSA) is 537 Å². The van der Waals surface area contributed by atoms with Crippen LogP contribution in [0.25, 0.3) is 56.3 Å². The van der Waals surface area contributed by atoms with Crippen LogP contribution in [0.5, 0.6) is 0 Å². The van der Waals surface area contributed by atoms with Gasteiger partial charge in [0.2, 0.25) is 69.8 Å². The van der Waals surface area contributed by atoms with E-state index >= 15 is 0 Å². The van der Waals surface area contributed by atoms with Gasteiger partial charge in [0.1, 0.15) is 34.9 Å². The molecule has 41 heteroatoms. The molecule has 145 heavy (non-hydrogen) atoms. The highest BCUT2D eigenvalue weighted by atomic mass is 32.2. The number of hydrogen-bond acceptors (Lipinski definition) is 30. The van der Waals surface area contributed by atoms with Gasteiger partial charge in [0.15, 0.2) is 0 Å². The SMILES string of the molecule is C=CCNc1cc(-c2cccc(C)c2C)nc(N)n1.Cc1cccc(-c2cc(NCC(C)(C)CNS(=O)(=O)c3ccc(S(=O)(=O)N4CCOCC4)cc3)nc(N)n2)c1C.Cc1cccc(-c2cc(NCC(C)(C)CNS(=O)(=O)c3cccc(F)c3)nc(N)n2)c1C.Cc1cccc(-c2cc(NCCCN3CCNC3=O)nc(N)n2)c1C.Cc1cccc(-c2cc(NCCCNS(=O)(=O)c3ccccc3)nc(N)n2)c1C. The predicted octanol–water partition coefficient (Wildman–Crippen LogP) is 14.9. The first-order chi connectivity index (χ1) is 68.8. The van der Waals surface area contributed by atoms with Crippen LogP contribution in [-0.2, 0) is 44.8 Å². The molecule has 2 amide bonds. The zero-order valence-corrected chi connectivity index (χ0v) is 87.5. The van der Waals surface area contributed by atoms with Gasteiger partial charge in [-0.2, -0.15) is 29.2 Å². The molecular formula is C104H131FN26O10S4. The molecule has 13 aromatic rings. The monoisotopic (exact) mass is 2050 g/mol. The minimum Gasteiger partial charge on any atom is -0.379 e. The normalized spacial score (nSPS) is 12.8. The summed E-state index contributed by atoms with van der Waals surface area (Å²) >= 11 is 0. The third-order valence-corrected chi connectivity index (χ3v) is 30.4. The molecule has 2 aliphatic rings. The van der Waals surface area contributed by atoms with E-state index in [2.05, 4.69) is 162 Å². The van der Waals surface area contributed by atoms with E-state index in [0.717, 1.165) is 105 Å². The Morgan fingerprint density at radius 1 is 0.379 bits per heavy atom. The van der Waals surface area contributed by atoms with E-state index in [4.69, 9.17) is 33.4 Å². The van der Waals surface area contributed by atoms with Crippen LogP contribution in [0.2, 0.25) is 0 Å². The average molecular weight is 2050 g/mol. The molecule has 768 valence electrons. The number of ether oxygens (including phenoxy) is 1. The Hall–Kier alpha value is -14.3. The Morgan fingerprint density at radius 3 is 1.08 bits per heavy atom. The number of carbonyl (C=O) groups excluding carboxylic acids is 1. The summed E-state index contributed by atoms with van der Waals surface area (Å²) in [6, 6.07) is 58.1. The van der Waals surface area contributed by atoms with Gasteiger partial charge in [-0.25, -0.2) is 81.9 Å². The standard InChI is InChI=1S/C27H36N6O5S2.C23H28FN5O2S.C21H25N5O2S.C18H24N6O.C15H18N4/c1-19-6-5-7-23(20(19)2)24-16-25(32-26(28)31-24)29-17-27(3,4)18-30-39(34,35)21-8-10-22(11-9-21)40(36,37)33-12-14-38-15-13-33;1-15-7-5-10-19(16(15)2)20-12-21(29-22(25)28-20)26-13-23(3,4)14-27-32(30,31)18-9-6-8-17(24)11-18;1-15-8-6-11-18(16(15)2)19-14-20(26-21(22)25-19)23-12-7-13-24-29(27,28)17-9-4-3-5-10-17;1-12-5-3-6-14(13(12)2)15-11-16(23-17(19)22-15)20-7-4-9-24-10-8-21-18(24)25;1-4-8-17-14-9-13(18-15(16)19-14)12-7-5-6-10(2)11(12)3/h5-11,16,30H,12-15,17-18H2,1-4H3,(H3,28,29,31,32);5-12,27H,13-14H2,1-4H3,(H3,25,26,28,29);3-6,8-11,14,24H,7,12-13H2,1-2H3,(H3,22,23,25,26);3,5-6,11H,4,7-10H2,1-2H3,(H,21,25)(H3,19,20,22,23);4-7,9H,1,8H2,2-3H3,(H3,16,17,18,19). The highest BCUT2D eigenvalue weighted by molar-refractivity contribution is 7.90. The van der Waals surface area contributed by atoms with E-state index in [1.165, 1.54) is 74.6 Å². The Labute approximate surface area is 849 Å². The number of rotatable bonds is 36. The molecule has 2 aliphatic heterocycles. The molecule has 2 fully saturated rings. The predicted molar refractivity (Wildman–Crippen MR) is 576 cm³/mol. The number of halogens is 1. The minimum atomic E-state index is -3.87. The number of hydrogen-bond donors (Lipinski definition) is 14. The number of nitrogens with one attached hydrogen (secondary N) is 9. The molecule has 8 aromatic carbocycles. The molecule has 7 heterocycles. The lowest BCUT2D eigenvalue weighted by molar-refractivity contribution is 0.0730. The summed E-state index contributed by atoms with van der Waals surface area (Å²) < 4.78 is 129. The lowest BCUT2D eigenvalue weighted by Crippen LogP contribution is -2.40. The van der Waals surface area contributed by atoms with Gasteiger partial charge in [0.05, 0.1) is 61.3 Å². The number of carbonyl (C=O) groups is 1. The van der Waals surface area contributed by atoms with Crippen molar-refractivity contribution >= 4 is 105 Å². The van der Waals surface area contributed by atoms with Crippen LogP contribution >= 0.6 is 0 Å². The van der Waals surface area contributed by atoms with Crippen molar-refractivity contribution in [1.82, 2.24) is 78.5 Å². The minimum absolute atomic E-state index is 0.0149. The van der Waals surface area contributed by atoms with Gasteiger partial charge in [0, 0.05) is 143 Å². The summed E-state index contributed by atoms with van der Waals surface area (Å²) in [5.41, 5.74) is 49.1. The number of benzene rings is 8. The van der Waals surface area contributed by atoms with Crippen LogP contribution in [0, 0.1) is 85.9 Å². The van der Waals surface area contributed by atoms with Crippen molar-refractivity contribution in [3.05, 3.63) is 274 Å². The number of nitrogens with zero attached hydrogens (tertiary/aromatic N) is 12. The molecule has 0 aliphatic carbocycles. The van der Waals surface area contributed by atoms with Crippen molar-refractivity contribution in [3.63, 3.8) is 0 Å². The van der Waals surface area contributed by atoms with Crippen LogP contribution < -0.4 is 74.7 Å². The van der Waals surface area contributed by atoms with Gasteiger partial charge in [-0.1, -0.05) is 149 Å². The lowest BCUT2D eigenvalue weighted by atomic mass is 9.94. The maximum atomic E-state index is 13.4. The van der Waals surface area contributed by atoms with E-state index in [-0.39, 0.29) is 81.5 Å².